The molecule has 1 amide bonds. The third-order valence-electron chi connectivity index (χ3n) is 2.81. The first kappa shape index (κ1) is 15.5. The molecule has 0 aromatic heterocycles. The number of unbranched alkanes of at least 4 members (excludes halogenated alkanes) is 1. The third kappa shape index (κ3) is 5.75. The SMILES string of the molecule is Cc1ccc(N)cc1C(=O)NCCCCOC(C)C. The number of hydrogen-bond donors (Lipinski definition) is 2. The number of carbonyl (C=O) groups is 1. The summed E-state index contributed by atoms with van der Waals surface area (Å²) in [6.07, 6.45) is 2.14. The molecule has 0 atom stereocenters. The summed E-state index contributed by atoms with van der Waals surface area (Å²) < 4.78 is 5.44. The van der Waals surface area contributed by atoms with Crippen molar-refractivity contribution in [3.8, 4) is 0 Å². The molecule has 0 unspecified atom stereocenters. The van der Waals surface area contributed by atoms with Crippen LogP contribution < -0.4 is 11.1 Å². The molecule has 19 heavy (non-hydrogen) atoms. The topological polar surface area (TPSA) is 64.4 Å². The Morgan fingerprint density at radius 2 is 2.11 bits per heavy atom. The quantitative estimate of drug-likeness (QED) is 0.587. The van der Waals surface area contributed by atoms with Crippen molar-refractivity contribution in [2.24, 2.45) is 0 Å². The number of hydrogen-bond acceptors (Lipinski definition) is 3. The van der Waals surface area contributed by atoms with Crippen molar-refractivity contribution in [2.75, 3.05) is 18.9 Å². The summed E-state index contributed by atoms with van der Waals surface area (Å²) in [6.45, 7) is 7.35. The number of aryl methyl sites for hydroxylation is 1. The normalized spacial score (nSPS) is 10.7. The number of nitrogens with one attached hydrogen (secondary N) is 1. The summed E-state index contributed by atoms with van der Waals surface area (Å²) in [5.41, 5.74) is 7.89. The van der Waals surface area contributed by atoms with Gasteiger partial charge in [-0.05, 0) is 51.3 Å². The van der Waals surface area contributed by atoms with Crippen LogP contribution in [0.25, 0.3) is 0 Å². The molecule has 3 N–H and O–H groups in total. The van der Waals surface area contributed by atoms with E-state index < -0.39 is 0 Å². The molecule has 0 aliphatic carbocycles. The Kier molecular flexibility index (Phi) is 6.36. The van der Waals surface area contributed by atoms with Crippen molar-refractivity contribution in [3.05, 3.63) is 29.3 Å². The Labute approximate surface area is 115 Å². The van der Waals surface area contributed by atoms with Crippen LogP contribution in [0.4, 0.5) is 5.69 Å². The molecule has 0 aliphatic rings. The number of nitrogen functional groups attached to an aromatic ring is 1. The van der Waals surface area contributed by atoms with Gasteiger partial charge in [-0.25, -0.2) is 0 Å². The fourth-order valence-corrected chi connectivity index (χ4v) is 1.73. The van der Waals surface area contributed by atoms with Gasteiger partial charge in [0.2, 0.25) is 0 Å². The van der Waals surface area contributed by atoms with E-state index in [0.29, 0.717) is 17.8 Å². The number of carbonyl (C=O) groups excluding carboxylic acids is 1. The molecule has 4 heteroatoms. The molecule has 0 bridgehead atoms. The summed E-state index contributed by atoms with van der Waals surface area (Å²) in [6, 6.07) is 5.38. The van der Waals surface area contributed by atoms with Crippen molar-refractivity contribution in [3.63, 3.8) is 0 Å². The maximum atomic E-state index is 12.0. The lowest BCUT2D eigenvalue weighted by atomic mass is 10.1. The average Bonchev–Trinajstić information content (AvgIpc) is 2.36. The molecule has 0 saturated heterocycles. The fraction of sp³-hybridized carbons (Fsp3) is 0.533. The number of amides is 1. The molecular formula is C15H24N2O2. The Hall–Kier alpha value is -1.55. The predicted molar refractivity (Wildman–Crippen MR) is 78.2 cm³/mol. The number of ether oxygens (including phenoxy) is 1. The zero-order valence-corrected chi connectivity index (χ0v) is 12.0. The monoisotopic (exact) mass is 264 g/mol. The molecule has 4 nitrogen and oxygen atoms in total. The van der Waals surface area contributed by atoms with E-state index in [1.54, 1.807) is 12.1 Å². The van der Waals surface area contributed by atoms with Crippen LogP contribution in [-0.2, 0) is 4.74 Å². The van der Waals surface area contributed by atoms with Crippen LogP contribution in [0.15, 0.2) is 18.2 Å². The van der Waals surface area contributed by atoms with Gasteiger partial charge in [0.15, 0.2) is 0 Å². The standard InChI is InChI=1S/C15H24N2O2/c1-11(2)19-9-5-4-8-17-15(18)14-10-13(16)7-6-12(14)3/h6-7,10-11H,4-5,8-9,16H2,1-3H3,(H,17,18). The highest BCUT2D eigenvalue weighted by Gasteiger charge is 2.08. The van der Waals surface area contributed by atoms with Crippen molar-refractivity contribution < 1.29 is 9.53 Å². The van der Waals surface area contributed by atoms with Crippen molar-refractivity contribution >= 4 is 11.6 Å². The number of nitrogens with two attached hydrogens (primary N) is 1. The van der Waals surface area contributed by atoms with Gasteiger partial charge in [0.1, 0.15) is 0 Å². The van der Waals surface area contributed by atoms with Gasteiger partial charge in [0, 0.05) is 24.4 Å². The van der Waals surface area contributed by atoms with Crippen LogP contribution in [0.1, 0.15) is 42.6 Å². The summed E-state index contributed by atoms with van der Waals surface area (Å²) in [5.74, 6) is -0.0606. The Morgan fingerprint density at radius 3 is 2.79 bits per heavy atom. The molecule has 0 aliphatic heterocycles. The zero-order chi connectivity index (χ0) is 14.3. The molecule has 0 radical (unpaired) electrons. The number of rotatable bonds is 7. The molecule has 0 spiro atoms. The summed E-state index contributed by atoms with van der Waals surface area (Å²) in [5, 5.41) is 2.91. The van der Waals surface area contributed by atoms with Crippen molar-refractivity contribution in [2.45, 2.75) is 39.7 Å². The van der Waals surface area contributed by atoms with Gasteiger partial charge in [-0.15, -0.1) is 0 Å². The van der Waals surface area contributed by atoms with Gasteiger partial charge in [-0.2, -0.15) is 0 Å². The Balaban J connectivity index is 2.29. The predicted octanol–water partition coefficient (Wildman–Crippen LogP) is 2.51. The largest absolute Gasteiger partial charge is 0.399 e. The minimum atomic E-state index is -0.0606. The Bertz CT molecular complexity index is 417. The van der Waals surface area contributed by atoms with Crippen molar-refractivity contribution in [1.29, 1.82) is 0 Å². The first-order valence-corrected chi connectivity index (χ1v) is 6.76. The van der Waals surface area contributed by atoms with E-state index in [1.165, 1.54) is 0 Å². The van der Waals surface area contributed by atoms with Crippen LogP contribution >= 0.6 is 0 Å². The highest BCUT2D eigenvalue weighted by Crippen LogP contribution is 2.12. The fourth-order valence-electron chi connectivity index (χ4n) is 1.73. The lowest BCUT2D eigenvalue weighted by Gasteiger charge is -2.09. The second-order valence-corrected chi connectivity index (χ2v) is 4.96. The maximum Gasteiger partial charge on any atom is 0.251 e. The van der Waals surface area contributed by atoms with Gasteiger partial charge in [0.25, 0.3) is 5.91 Å². The van der Waals surface area contributed by atoms with Gasteiger partial charge in [-0.3, -0.25) is 4.79 Å². The van der Waals surface area contributed by atoms with Gasteiger partial charge in [-0.1, -0.05) is 6.07 Å². The second-order valence-electron chi connectivity index (χ2n) is 4.96. The van der Waals surface area contributed by atoms with E-state index in [1.807, 2.05) is 26.8 Å². The van der Waals surface area contributed by atoms with E-state index in [4.69, 9.17) is 10.5 Å². The first-order chi connectivity index (χ1) is 9.00. The van der Waals surface area contributed by atoms with Gasteiger partial charge >= 0.3 is 0 Å². The highest BCUT2D eigenvalue weighted by molar-refractivity contribution is 5.96. The van der Waals surface area contributed by atoms with Crippen molar-refractivity contribution in [1.82, 2.24) is 5.32 Å². The van der Waals surface area contributed by atoms with Crippen LogP contribution in [0, 0.1) is 6.92 Å². The molecule has 106 valence electrons. The van der Waals surface area contributed by atoms with Crippen LogP contribution in [0.3, 0.4) is 0 Å². The van der Waals surface area contributed by atoms with E-state index in [2.05, 4.69) is 5.32 Å². The summed E-state index contributed by atoms with van der Waals surface area (Å²) in [7, 11) is 0. The van der Waals surface area contributed by atoms with Gasteiger partial charge in [0.05, 0.1) is 6.10 Å². The lowest BCUT2D eigenvalue weighted by Crippen LogP contribution is -2.25. The molecule has 1 aromatic rings. The average molecular weight is 264 g/mol. The maximum absolute atomic E-state index is 12.0. The second kappa shape index (κ2) is 7.79. The zero-order valence-electron chi connectivity index (χ0n) is 12.0. The Morgan fingerprint density at radius 1 is 1.37 bits per heavy atom. The molecular weight excluding hydrogens is 240 g/mol. The minimum absolute atomic E-state index is 0.0606. The van der Waals surface area contributed by atoms with Crippen LogP contribution in [0.5, 0.6) is 0 Å². The van der Waals surface area contributed by atoms with E-state index >= 15 is 0 Å². The van der Waals surface area contributed by atoms with Gasteiger partial charge < -0.3 is 15.8 Å². The first-order valence-electron chi connectivity index (χ1n) is 6.76. The van der Waals surface area contributed by atoms with Crippen LogP contribution in [0.2, 0.25) is 0 Å². The molecule has 0 saturated carbocycles. The minimum Gasteiger partial charge on any atom is -0.399 e. The molecule has 0 fully saturated rings. The van der Waals surface area contributed by atoms with Crippen LogP contribution in [-0.4, -0.2) is 25.2 Å². The summed E-state index contributed by atoms with van der Waals surface area (Å²) in [4.78, 5) is 12.0. The third-order valence-corrected chi connectivity index (χ3v) is 2.81. The number of benzene rings is 1. The van der Waals surface area contributed by atoms with E-state index in [-0.39, 0.29) is 12.0 Å². The van der Waals surface area contributed by atoms with E-state index in [9.17, 15) is 4.79 Å². The molecule has 0 heterocycles. The molecule has 1 aromatic carbocycles. The molecule has 1 rings (SSSR count). The lowest BCUT2D eigenvalue weighted by molar-refractivity contribution is 0.0754. The highest BCUT2D eigenvalue weighted by atomic mass is 16.5. The number of anilines is 1. The summed E-state index contributed by atoms with van der Waals surface area (Å²) >= 11 is 0. The van der Waals surface area contributed by atoms with E-state index in [0.717, 1.165) is 25.0 Å². The smallest absolute Gasteiger partial charge is 0.251 e.